The summed E-state index contributed by atoms with van der Waals surface area (Å²) >= 11 is 3.31. The van der Waals surface area contributed by atoms with Crippen LogP contribution in [-0.2, 0) is 13.2 Å². The smallest absolute Gasteiger partial charge is 0.116 e. The zero-order chi connectivity index (χ0) is 8.97. The average Bonchev–Trinajstić information content (AvgIpc) is 2.05. The van der Waals surface area contributed by atoms with Crippen LogP contribution in [0, 0.1) is 0 Å². The third kappa shape index (κ3) is 2.29. The maximum Gasteiger partial charge on any atom is 0.116 e. The van der Waals surface area contributed by atoms with Gasteiger partial charge in [-0.1, -0.05) is 28.1 Å². The Hall–Kier alpha value is -0.410. The summed E-state index contributed by atoms with van der Waals surface area (Å²) in [6.07, 6.45) is 0. The van der Waals surface area contributed by atoms with Crippen LogP contribution >= 0.6 is 15.9 Å². The number of hydrogen-bond donors (Lipinski definition) is 1. The Morgan fingerprint density at radius 1 is 1.50 bits per heavy atom. The zero-order valence-corrected chi connectivity index (χ0v) is 8.49. The van der Waals surface area contributed by atoms with E-state index in [9.17, 15) is 4.39 Å². The summed E-state index contributed by atoms with van der Waals surface area (Å²) in [6, 6.07) is 5.67. The van der Waals surface area contributed by atoms with Crippen molar-refractivity contribution < 1.29 is 4.39 Å². The molecule has 3 heteroatoms. The molecule has 0 aliphatic heterocycles. The molecule has 0 aliphatic rings. The number of nitrogens with one attached hydrogen (secondary N) is 1. The summed E-state index contributed by atoms with van der Waals surface area (Å²) in [5.74, 6) is 0. The van der Waals surface area contributed by atoms with Gasteiger partial charge in [-0.2, -0.15) is 0 Å². The molecule has 0 aliphatic carbocycles. The zero-order valence-electron chi connectivity index (χ0n) is 6.90. The Balaban J connectivity index is 2.86. The topological polar surface area (TPSA) is 12.0 Å². The van der Waals surface area contributed by atoms with Crippen molar-refractivity contribution in [2.75, 3.05) is 7.05 Å². The largest absolute Gasteiger partial charge is 0.316 e. The summed E-state index contributed by atoms with van der Waals surface area (Å²) in [4.78, 5) is 0. The van der Waals surface area contributed by atoms with E-state index in [4.69, 9.17) is 0 Å². The van der Waals surface area contributed by atoms with Gasteiger partial charge in [0.05, 0.1) is 0 Å². The Kier molecular flexibility index (Phi) is 3.69. The minimum Gasteiger partial charge on any atom is -0.316 e. The first-order chi connectivity index (χ1) is 5.77. The molecular weight excluding hydrogens is 221 g/mol. The fourth-order valence-corrected chi connectivity index (χ4v) is 1.55. The molecule has 0 unspecified atom stereocenters. The Morgan fingerprint density at radius 2 is 2.25 bits per heavy atom. The van der Waals surface area contributed by atoms with Crippen molar-refractivity contribution in [2.24, 2.45) is 0 Å². The molecule has 1 aromatic rings. The van der Waals surface area contributed by atoms with Crippen molar-refractivity contribution in [3.63, 3.8) is 0 Å². The summed E-state index contributed by atoms with van der Waals surface area (Å²) < 4.78 is 13.1. The van der Waals surface area contributed by atoms with Crippen LogP contribution in [0.25, 0.3) is 0 Å². The van der Waals surface area contributed by atoms with Gasteiger partial charge in [0.15, 0.2) is 0 Å². The molecule has 0 amide bonds. The van der Waals surface area contributed by atoms with Gasteiger partial charge in [0.25, 0.3) is 0 Å². The lowest BCUT2D eigenvalue weighted by molar-refractivity contribution is 0.484. The van der Waals surface area contributed by atoms with Gasteiger partial charge in [0.2, 0.25) is 0 Å². The van der Waals surface area contributed by atoms with Crippen molar-refractivity contribution in [1.82, 2.24) is 5.32 Å². The molecule has 0 radical (unpaired) electrons. The van der Waals surface area contributed by atoms with Crippen LogP contribution < -0.4 is 5.32 Å². The highest BCUT2D eigenvalue weighted by molar-refractivity contribution is 9.10. The van der Waals surface area contributed by atoms with Gasteiger partial charge in [-0.15, -0.1) is 0 Å². The second kappa shape index (κ2) is 4.58. The van der Waals surface area contributed by atoms with E-state index in [1.807, 2.05) is 19.2 Å². The van der Waals surface area contributed by atoms with E-state index in [2.05, 4.69) is 21.2 Å². The van der Waals surface area contributed by atoms with Crippen molar-refractivity contribution in [1.29, 1.82) is 0 Å². The van der Waals surface area contributed by atoms with Gasteiger partial charge >= 0.3 is 0 Å². The maximum absolute atomic E-state index is 12.3. The highest BCUT2D eigenvalue weighted by atomic mass is 79.9. The Bertz CT molecular complexity index is 263. The van der Waals surface area contributed by atoms with Gasteiger partial charge in [-0.25, -0.2) is 4.39 Å². The lowest BCUT2D eigenvalue weighted by Crippen LogP contribution is -2.04. The molecule has 1 rings (SSSR count). The molecule has 0 spiro atoms. The molecule has 0 aromatic heterocycles. The van der Waals surface area contributed by atoms with E-state index in [0.717, 1.165) is 16.6 Å². The molecule has 0 saturated carbocycles. The fraction of sp³-hybridized carbons (Fsp3) is 0.333. The third-order valence-corrected chi connectivity index (χ3v) is 2.38. The standard InChI is InChI=1S/C9H11BrFN/c1-12-6-7-2-3-8(5-11)9(10)4-7/h2-4,12H,5-6H2,1H3. The lowest BCUT2D eigenvalue weighted by atomic mass is 10.1. The van der Waals surface area contributed by atoms with E-state index < -0.39 is 6.67 Å². The molecule has 0 heterocycles. The van der Waals surface area contributed by atoms with E-state index in [0.29, 0.717) is 5.56 Å². The molecule has 0 bridgehead atoms. The second-order valence-corrected chi connectivity index (χ2v) is 3.44. The first kappa shape index (κ1) is 9.68. The van der Waals surface area contributed by atoms with E-state index >= 15 is 0 Å². The number of hydrogen-bond acceptors (Lipinski definition) is 1. The van der Waals surface area contributed by atoms with Gasteiger partial charge in [0.1, 0.15) is 6.67 Å². The SMILES string of the molecule is CNCc1ccc(CF)c(Br)c1. The molecule has 0 saturated heterocycles. The summed E-state index contributed by atoms with van der Waals surface area (Å²) in [7, 11) is 1.89. The number of halogens is 2. The predicted octanol–water partition coefficient (Wildman–Crippen LogP) is 2.64. The van der Waals surface area contributed by atoms with Crippen molar-refractivity contribution in [2.45, 2.75) is 13.2 Å². The van der Waals surface area contributed by atoms with Crippen LogP contribution in [0.5, 0.6) is 0 Å². The second-order valence-electron chi connectivity index (χ2n) is 2.59. The molecule has 1 N–H and O–H groups in total. The first-order valence-corrected chi connectivity index (χ1v) is 4.55. The molecule has 66 valence electrons. The highest BCUT2D eigenvalue weighted by Gasteiger charge is 1.99. The van der Waals surface area contributed by atoms with E-state index in [1.165, 1.54) is 0 Å². The molecule has 0 atom stereocenters. The molecular formula is C9H11BrFN. The quantitative estimate of drug-likeness (QED) is 0.844. The van der Waals surface area contributed by atoms with Gasteiger partial charge in [-0.3, -0.25) is 0 Å². The molecule has 0 fully saturated rings. The third-order valence-electron chi connectivity index (χ3n) is 1.64. The Labute approximate surface area is 80.1 Å². The van der Waals surface area contributed by atoms with Crippen LogP contribution in [0.15, 0.2) is 22.7 Å². The van der Waals surface area contributed by atoms with Crippen LogP contribution in [0.3, 0.4) is 0 Å². The molecule has 12 heavy (non-hydrogen) atoms. The number of rotatable bonds is 3. The predicted molar refractivity (Wildman–Crippen MR) is 51.7 cm³/mol. The molecule has 1 aromatic carbocycles. The summed E-state index contributed by atoms with van der Waals surface area (Å²) in [6.45, 7) is 0.394. The lowest BCUT2D eigenvalue weighted by Gasteiger charge is -2.03. The van der Waals surface area contributed by atoms with Crippen LogP contribution in [0.2, 0.25) is 0 Å². The average molecular weight is 232 g/mol. The minimum absolute atomic E-state index is 0.416. The minimum atomic E-state index is -0.416. The Morgan fingerprint density at radius 3 is 2.75 bits per heavy atom. The maximum atomic E-state index is 12.3. The first-order valence-electron chi connectivity index (χ1n) is 3.75. The van der Waals surface area contributed by atoms with Crippen molar-refractivity contribution in [3.8, 4) is 0 Å². The van der Waals surface area contributed by atoms with Gasteiger partial charge < -0.3 is 5.32 Å². The monoisotopic (exact) mass is 231 g/mol. The summed E-state index contributed by atoms with van der Waals surface area (Å²) in [5, 5.41) is 3.03. The van der Waals surface area contributed by atoms with Gasteiger partial charge in [-0.05, 0) is 24.2 Å². The summed E-state index contributed by atoms with van der Waals surface area (Å²) in [5.41, 5.74) is 1.86. The van der Waals surface area contributed by atoms with E-state index in [-0.39, 0.29) is 0 Å². The molecule has 1 nitrogen and oxygen atoms in total. The van der Waals surface area contributed by atoms with Gasteiger partial charge in [0, 0.05) is 11.0 Å². The van der Waals surface area contributed by atoms with Crippen molar-refractivity contribution >= 4 is 15.9 Å². The normalized spacial score (nSPS) is 10.2. The van der Waals surface area contributed by atoms with Crippen LogP contribution in [-0.4, -0.2) is 7.05 Å². The highest BCUT2D eigenvalue weighted by Crippen LogP contribution is 2.19. The number of benzene rings is 1. The van der Waals surface area contributed by atoms with Crippen LogP contribution in [0.1, 0.15) is 11.1 Å². The number of alkyl halides is 1. The van der Waals surface area contributed by atoms with Crippen molar-refractivity contribution in [3.05, 3.63) is 33.8 Å². The van der Waals surface area contributed by atoms with E-state index in [1.54, 1.807) is 6.07 Å². The van der Waals surface area contributed by atoms with Crippen LogP contribution in [0.4, 0.5) is 4.39 Å². The fourth-order valence-electron chi connectivity index (χ4n) is 1.01.